The van der Waals surface area contributed by atoms with Crippen molar-refractivity contribution in [1.82, 2.24) is 10.3 Å². The smallest absolute Gasteiger partial charge is 0.165 e. The Bertz CT molecular complexity index is 571. The van der Waals surface area contributed by atoms with E-state index in [9.17, 15) is 4.39 Å². The van der Waals surface area contributed by atoms with Crippen LogP contribution in [0, 0.1) is 5.82 Å². The Morgan fingerprint density at radius 1 is 1.45 bits per heavy atom. The maximum atomic E-state index is 13.4. The molecule has 0 aliphatic rings. The number of benzene rings is 1. The minimum Gasteiger partial charge on any atom is -0.494 e. The summed E-state index contributed by atoms with van der Waals surface area (Å²) in [7, 11) is 1.46. The number of hydrogen-bond acceptors (Lipinski definition) is 4. The van der Waals surface area contributed by atoms with Crippen molar-refractivity contribution in [2.24, 2.45) is 0 Å². The van der Waals surface area contributed by atoms with Crippen LogP contribution in [0.5, 0.6) is 5.75 Å². The van der Waals surface area contributed by atoms with Gasteiger partial charge in [0.25, 0.3) is 0 Å². The second kappa shape index (κ2) is 6.81. The van der Waals surface area contributed by atoms with Crippen LogP contribution in [0.2, 0.25) is 0 Å². The van der Waals surface area contributed by atoms with Crippen molar-refractivity contribution < 1.29 is 9.13 Å². The number of nitrogens with zero attached hydrogens (tertiary/aromatic N) is 1. The lowest BCUT2D eigenvalue weighted by Crippen LogP contribution is -2.18. The predicted molar refractivity (Wildman–Crippen MR) is 80.8 cm³/mol. The van der Waals surface area contributed by atoms with Gasteiger partial charge in [0.05, 0.1) is 7.11 Å². The molecule has 0 aliphatic carbocycles. The van der Waals surface area contributed by atoms with Crippen LogP contribution in [0.15, 0.2) is 24.4 Å². The highest BCUT2D eigenvalue weighted by Crippen LogP contribution is 2.31. The number of halogens is 1. The van der Waals surface area contributed by atoms with Crippen LogP contribution in [0.3, 0.4) is 0 Å². The van der Waals surface area contributed by atoms with Gasteiger partial charge in [0, 0.05) is 22.7 Å². The molecule has 3 nitrogen and oxygen atoms in total. The van der Waals surface area contributed by atoms with E-state index in [1.807, 2.05) is 6.20 Å². The van der Waals surface area contributed by atoms with E-state index < -0.39 is 0 Å². The SMILES string of the molecule is CCCNC(C)c1cnc(-c2ccc(F)c(OC)c2)s1. The molecule has 1 atom stereocenters. The van der Waals surface area contributed by atoms with E-state index in [0.717, 1.165) is 23.5 Å². The van der Waals surface area contributed by atoms with Gasteiger partial charge in [0.15, 0.2) is 11.6 Å². The Morgan fingerprint density at radius 3 is 2.95 bits per heavy atom. The molecule has 1 N–H and O–H groups in total. The van der Waals surface area contributed by atoms with Crippen LogP contribution in [0.1, 0.15) is 31.2 Å². The van der Waals surface area contributed by atoms with Crippen molar-refractivity contribution in [3.63, 3.8) is 0 Å². The van der Waals surface area contributed by atoms with Gasteiger partial charge in [0.1, 0.15) is 5.01 Å². The molecule has 0 fully saturated rings. The van der Waals surface area contributed by atoms with Crippen LogP contribution in [0.4, 0.5) is 4.39 Å². The second-order valence-corrected chi connectivity index (χ2v) is 5.66. The number of thiazole rings is 1. The lowest BCUT2D eigenvalue weighted by molar-refractivity contribution is 0.387. The van der Waals surface area contributed by atoms with E-state index in [1.165, 1.54) is 18.1 Å². The van der Waals surface area contributed by atoms with E-state index in [-0.39, 0.29) is 17.6 Å². The Kier molecular flexibility index (Phi) is 5.09. The number of hydrogen-bond donors (Lipinski definition) is 1. The summed E-state index contributed by atoms with van der Waals surface area (Å²) < 4.78 is 18.4. The average molecular weight is 294 g/mol. The number of nitrogens with one attached hydrogen (secondary N) is 1. The van der Waals surface area contributed by atoms with E-state index in [1.54, 1.807) is 23.5 Å². The van der Waals surface area contributed by atoms with Crippen LogP contribution in [-0.4, -0.2) is 18.6 Å². The standard InChI is InChI=1S/C15H19FN2OS/c1-4-7-17-10(2)14-9-18-15(20-14)11-5-6-12(16)13(8-11)19-3/h5-6,8-10,17H,4,7H2,1-3H3. The molecule has 0 saturated heterocycles. The molecule has 5 heteroatoms. The summed E-state index contributed by atoms with van der Waals surface area (Å²) in [4.78, 5) is 5.60. The van der Waals surface area contributed by atoms with E-state index in [4.69, 9.17) is 4.74 Å². The maximum Gasteiger partial charge on any atom is 0.165 e. The molecule has 0 aliphatic heterocycles. The van der Waals surface area contributed by atoms with Gasteiger partial charge in [-0.3, -0.25) is 0 Å². The Balaban J connectivity index is 2.20. The molecule has 0 radical (unpaired) electrons. The highest BCUT2D eigenvalue weighted by atomic mass is 32.1. The van der Waals surface area contributed by atoms with Gasteiger partial charge in [-0.05, 0) is 38.1 Å². The molecule has 108 valence electrons. The highest BCUT2D eigenvalue weighted by Gasteiger charge is 2.12. The first-order valence-electron chi connectivity index (χ1n) is 6.68. The third kappa shape index (κ3) is 3.35. The summed E-state index contributed by atoms with van der Waals surface area (Å²) >= 11 is 1.62. The molecule has 1 heterocycles. The van der Waals surface area contributed by atoms with Crippen molar-refractivity contribution in [3.8, 4) is 16.3 Å². The first-order valence-corrected chi connectivity index (χ1v) is 7.50. The molecule has 1 unspecified atom stereocenters. The van der Waals surface area contributed by atoms with Gasteiger partial charge in [-0.2, -0.15) is 0 Å². The average Bonchev–Trinajstić information content (AvgIpc) is 2.95. The van der Waals surface area contributed by atoms with E-state index in [2.05, 4.69) is 24.1 Å². The quantitative estimate of drug-likeness (QED) is 0.873. The summed E-state index contributed by atoms with van der Waals surface area (Å²) in [5, 5.41) is 4.31. The zero-order valence-electron chi connectivity index (χ0n) is 11.9. The number of aromatic nitrogens is 1. The summed E-state index contributed by atoms with van der Waals surface area (Å²) in [5.41, 5.74) is 0.877. The van der Waals surface area contributed by atoms with E-state index in [0.29, 0.717) is 0 Å². The third-order valence-corrected chi connectivity index (χ3v) is 4.28. The van der Waals surface area contributed by atoms with Crippen molar-refractivity contribution in [1.29, 1.82) is 0 Å². The number of rotatable bonds is 6. The largest absolute Gasteiger partial charge is 0.494 e. The first-order chi connectivity index (χ1) is 9.65. The lowest BCUT2D eigenvalue weighted by Gasteiger charge is -2.09. The summed E-state index contributed by atoms with van der Waals surface area (Å²) in [6, 6.07) is 5.10. The van der Waals surface area contributed by atoms with Crippen molar-refractivity contribution in [2.45, 2.75) is 26.3 Å². The summed E-state index contributed by atoms with van der Waals surface area (Å²) in [6.07, 6.45) is 2.98. The van der Waals surface area contributed by atoms with Gasteiger partial charge in [0.2, 0.25) is 0 Å². The van der Waals surface area contributed by atoms with Crippen LogP contribution in [-0.2, 0) is 0 Å². The van der Waals surface area contributed by atoms with Crippen LogP contribution < -0.4 is 10.1 Å². The maximum absolute atomic E-state index is 13.4. The Hall–Kier alpha value is -1.46. The Morgan fingerprint density at radius 2 is 2.25 bits per heavy atom. The highest BCUT2D eigenvalue weighted by molar-refractivity contribution is 7.15. The molecule has 2 aromatic rings. The van der Waals surface area contributed by atoms with Crippen LogP contribution in [0.25, 0.3) is 10.6 Å². The number of methoxy groups -OCH3 is 1. The van der Waals surface area contributed by atoms with E-state index >= 15 is 0 Å². The second-order valence-electron chi connectivity index (χ2n) is 4.59. The zero-order chi connectivity index (χ0) is 14.5. The molecule has 2 rings (SSSR count). The zero-order valence-corrected chi connectivity index (χ0v) is 12.8. The normalized spacial score (nSPS) is 12.4. The van der Waals surface area contributed by atoms with Crippen molar-refractivity contribution >= 4 is 11.3 Å². The lowest BCUT2D eigenvalue weighted by atomic mass is 10.2. The van der Waals surface area contributed by atoms with Crippen molar-refractivity contribution in [2.75, 3.05) is 13.7 Å². The molecule has 0 amide bonds. The van der Waals surface area contributed by atoms with Gasteiger partial charge in [-0.1, -0.05) is 6.92 Å². The first kappa shape index (κ1) is 14.9. The topological polar surface area (TPSA) is 34.2 Å². The number of ether oxygens (including phenoxy) is 1. The molecule has 20 heavy (non-hydrogen) atoms. The van der Waals surface area contributed by atoms with Gasteiger partial charge in [-0.25, -0.2) is 9.37 Å². The fourth-order valence-corrected chi connectivity index (χ4v) is 2.81. The summed E-state index contributed by atoms with van der Waals surface area (Å²) in [6.45, 7) is 5.25. The minimum atomic E-state index is -0.356. The molecular formula is C15H19FN2OS. The molecule has 1 aromatic carbocycles. The molecule has 0 saturated carbocycles. The molecule has 1 aromatic heterocycles. The van der Waals surface area contributed by atoms with Crippen molar-refractivity contribution in [3.05, 3.63) is 35.1 Å². The molecule has 0 spiro atoms. The Labute approximate surface area is 122 Å². The van der Waals surface area contributed by atoms with Crippen LogP contribution >= 0.6 is 11.3 Å². The summed E-state index contributed by atoms with van der Waals surface area (Å²) in [5.74, 6) is -0.109. The fraction of sp³-hybridized carbons (Fsp3) is 0.400. The van der Waals surface area contributed by atoms with Gasteiger partial charge >= 0.3 is 0 Å². The predicted octanol–water partition coefficient (Wildman–Crippen LogP) is 4.02. The monoisotopic (exact) mass is 294 g/mol. The molecular weight excluding hydrogens is 275 g/mol. The fourth-order valence-electron chi connectivity index (χ4n) is 1.87. The molecule has 0 bridgehead atoms. The van der Waals surface area contributed by atoms with Gasteiger partial charge in [-0.15, -0.1) is 11.3 Å². The van der Waals surface area contributed by atoms with Gasteiger partial charge < -0.3 is 10.1 Å². The minimum absolute atomic E-state index is 0.247. The third-order valence-electron chi connectivity index (χ3n) is 3.05.